The fraction of sp³-hybridized carbons (Fsp3) is 0.538. The van der Waals surface area contributed by atoms with Crippen LogP contribution in [0.25, 0.3) is 0 Å². The lowest BCUT2D eigenvalue weighted by atomic mass is 10.3. The van der Waals surface area contributed by atoms with Gasteiger partial charge in [0.1, 0.15) is 0 Å². The highest BCUT2D eigenvalue weighted by Gasteiger charge is 2.16. The molecule has 19 heavy (non-hydrogen) atoms. The quantitative estimate of drug-likeness (QED) is 0.740. The molecule has 0 aliphatic heterocycles. The minimum absolute atomic E-state index is 0.308. The summed E-state index contributed by atoms with van der Waals surface area (Å²) in [4.78, 5) is 0.308. The van der Waals surface area contributed by atoms with Gasteiger partial charge in [-0.15, -0.1) is 0 Å². The number of sulfonamides is 1. The number of hydrogen-bond acceptors (Lipinski definition) is 4. The molecule has 0 radical (unpaired) electrons. The normalized spacial score (nSPS) is 11.8. The van der Waals surface area contributed by atoms with E-state index in [9.17, 15) is 8.42 Å². The maximum absolute atomic E-state index is 11.9. The van der Waals surface area contributed by atoms with E-state index >= 15 is 0 Å². The first-order valence-electron chi connectivity index (χ1n) is 6.24. The highest BCUT2D eigenvalue weighted by Crippen LogP contribution is 2.16. The highest BCUT2D eigenvalue weighted by molar-refractivity contribution is 7.89. The molecule has 0 heterocycles. The van der Waals surface area contributed by atoms with Crippen molar-refractivity contribution in [2.24, 2.45) is 0 Å². The number of hydrogen-bond donors (Lipinski definition) is 1. The maximum Gasteiger partial charge on any atom is 0.242 e. The minimum atomic E-state index is -3.34. The van der Waals surface area contributed by atoms with Crippen molar-refractivity contribution in [1.82, 2.24) is 4.31 Å². The zero-order valence-electron chi connectivity index (χ0n) is 11.7. The second kappa shape index (κ2) is 7.47. The number of methoxy groups -OCH3 is 1. The van der Waals surface area contributed by atoms with Crippen LogP contribution >= 0.6 is 0 Å². The number of unbranched alkanes of at least 4 members (excludes halogenated alkanes) is 1. The number of anilines is 1. The van der Waals surface area contributed by atoms with E-state index in [1.54, 1.807) is 31.4 Å². The molecule has 1 N–H and O–H groups in total. The summed E-state index contributed by atoms with van der Waals surface area (Å²) in [6.45, 7) is 1.62. The first-order valence-corrected chi connectivity index (χ1v) is 7.68. The summed E-state index contributed by atoms with van der Waals surface area (Å²) in [5.74, 6) is 0. The minimum Gasteiger partial charge on any atom is -0.385 e. The van der Waals surface area contributed by atoms with Crippen LogP contribution in [0.5, 0.6) is 0 Å². The summed E-state index contributed by atoms with van der Waals surface area (Å²) >= 11 is 0. The van der Waals surface area contributed by atoms with E-state index in [2.05, 4.69) is 5.32 Å². The molecule has 1 rings (SSSR count). The zero-order valence-corrected chi connectivity index (χ0v) is 12.5. The highest BCUT2D eigenvalue weighted by atomic mass is 32.2. The fourth-order valence-corrected chi connectivity index (χ4v) is 2.46. The summed E-state index contributed by atoms with van der Waals surface area (Å²) in [7, 11) is 1.40. The maximum atomic E-state index is 11.9. The van der Waals surface area contributed by atoms with Crippen LogP contribution in [-0.4, -0.2) is 47.1 Å². The van der Waals surface area contributed by atoms with Crippen LogP contribution in [0.15, 0.2) is 29.2 Å². The van der Waals surface area contributed by atoms with Crippen LogP contribution in [0.4, 0.5) is 5.69 Å². The summed E-state index contributed by atoms with van der Waals surface area (Å²) in [5.41, 5.74) is 0.926. The first kappa shape index (κ1) is 15.9. The Morgan fingerprint density at radius 1 is 1.16 bits per heavy atom. The number of benzene rings is 1. The van der Waals surface area contributed by atoms with Crippen LogP contribution in [0.3, 0.4) is 0 Å². The van der Waals surface area contributed by atoms with E-state index in [-0.39, 0.29) is 0 Å². The van der Waals surface area contributed by atoms with Crippen LogP contribution in [0.1, 0.15) is 12.8 Å². The lowest BCUT2D eigenvalue weighted by molar-refractivity contribution is 0.194. The van der Waals surface area contributed by atoms with E-state index in [1.807, 2.05) is 0 Å². The average Bonchev–Trinajstić information content (AvgIpc) is 2.39. The predicted molar refractivity (Wildman–Crippen MR) is 76.9 cm³/mol. The lowest BCUT2D eigenvalue weighted by Crippen LogP contribution is -2.22. The Balaban J connectivity index is 2.53. The van der Waals surface area contributed by atoms with Crippen LogP contribution in [-0.2, 0) is 14.8 Å². The predicted octanol–water partition coefficient (Wildman–Crippen LogP) is 1.78. The molecule has 1 aromatic rings. The molecule has 0 amide bonds. The second-order valence-electron chi connectivity index (χ2n) is 4.44. The fourth-order valence-electron chi connectivity index (χ4n) is 1.56. The molecule has 0 saturated heterocycles. The standard InChI is InChI=1S/C13H22N2O3S/c1-15(2)19(16,17)13-8-6-12(7-9-13)14-10-4-5-11-18-3/h6-9,14H,4-5,10-11H2,1-3H3. The topological polar surface area (TPSA) is 58.6 Å². The largest absolute Gasteiger partial charge is 0.385 e. The van der Waals surface area contributed by atoms with Crippen molar-refractivity contribution < 1.29 is 13.2 Å². The molecule has 0 aliphatic rings. The summed E-state index contributed by atoms with van der Waals surface area (Å²) in [5, 5.41) is 3.25. The van der Waals surface area contributed by atoms with Crippen LogP contribution in [0.2, 0.25) is 0 Å². The van der Waals surface area contributed by atoms with Crippen molar-refractivity contribution in [3.63, 3.8) is 0 Å². The molecule has 0 bridgehead atoms. The number of ether oxygens (including phenoxy) is 1. The van der Waals surface area contributed by atoms with Gasteiger partial charge < -0.3 is 10.1 Å². The Kier molecular flexibility index (Phi) is 6.27. The molecular formula is C13H22N2O3S. The molecule has 6 heteroatoms. The Morgan fingerprint density at radius 3 is 2.32 bits per heavy atom. The van der Waals surface area contributed by atoms with Gasteiger partial charge >= 0.3 is 0 Å². The molecule has 108 valence electrons. The van der Waals surface area contributed by atoms with E-state index < -0.39 is 10.0 Å². The Bertz CT molecular complexity index is 469. The van der Waals surface area contributed by atoms with E-state index in [4.69, 9.17) is 4.74 Å². The zero-order chi connectivity index (χ0) is 14.3. The Morgan fingerprint density at radius 2 is 1.79 bits per heavy atom. The number of nitrogens with zero attached hydrogens (tertiary/aromatic N) is 1. The second-order valence-corrected chi connectivity index (χ2v) is 6.59. The number of rotatable bonds is 8. The van der Waals surface area contributed by atoms with Crippen molar-refractivity contribution in [3.05, 3.63) is 24.3 Å². The molecule has 0 fully saturated rings. The molecule has 0 aliphatic carbocycles. The van der Waals surface area contributed by atoms with Gasteiger partial charge in [0.2, 0.25) is 10.0 Å². The van der Waals surface area contributed by atoms with E-state index in [1.165, 1.54) is 18.4 Å². The molecule has 0 aromatic heterocycles. The van der Waals surface area contributed by atoms with Gasteiger partial charge in [0, 0.05) is 40.0 Å². The van der Waals surface area contributed by atoms with Crippen LogP contribution in [0, 0.1) is 0 Å². The van der Waals surface area contributed by atoms with E-state index in [0.717, 1.165) is 31.7 Å². The summed E-state index contributed by atoms with van der Waals surface area (Å²) < 4.78 is 29.9. The van der Waals surface area contributed by atoms with E-state index in [0.29, 0.717) is 4.90 Å². The van der Waals surface area contributed by atoms with Gasteiger partial charge in [-0.25, -0.2) is 12.7 Å². The van der Waals surface area contributed by atoms with Gasteiger partial charge in [-0.2, -0.15) is 0 Å². The monoisotopic (exact) mass is 286 g/mol. The van der Waals surface area contributed by atoms with Gasteiger partial charge in [-0.3, -0.25) is 0 Å². The van der Waals surface area contributed by atoms with Crippen molar-refractivity contribution in [1.29, 1.82) is 0 Å². The van der Waals surface area contributed by atoms with Crippen molar-refractivity contribution in [2.75, 3.05) is 39.7 Å². The molecule has 0 spiro atoms. The molecule has 0 unspecified atom stereocenters. The lowest BCUT2D eigenvalue weighted by Gasteiger charge is -2.12. The molecule has 5 nitrogen and oxygen atoms in total. The third-order valence-electron chi connectivity index (χ3n) is 2.74. The van der Waals surface area contributed by atoms with Gasteiger partial charge in [0.05, 0.1) is 4.90 Å². The molecule has 0 atom stereocenters. The first-order chi connectivity index (χ1) is 8.98. The Hall–Kier alpha value is -1.11. The third-order valence-corrected chi connectivity index (χ3v) is 4.57. The van der Waals surface area contributed by atoms with Gasteiger partial charge in [0.15, 0.2) is 0 Å². The van der Waals surface area contributed by atoms with Crippen molar-refractivity contribution in [3.8, 4) is 0 Å². The average molecular weight is 286 g/mol. The summed E-state index contributed by atoms with van der Waals surface area (Å²) in [6.07, 6.45) is 2.03. The third kappa shape index (κ3) is 4.81. The smallest absolute Gasteiger partial charge is 0.242 e. The SMILES string of the molecule is COCCCCNc1ccc(S(=O)(=O)N(C)C)cc1. The van der Waals surface area contributed by atoms with Crippen molar-refractivity contribution >= 4 is 15.7 Å². The van der Waals surface area contributed by atoms with Gasteiger partial charge in [-0.05, 0) is 37.1 Å². The van der Waals surface area contributed by atoms with Crippen LogP contribution < -0.4 is 5.32 Å². The summed E-state index contributed by atoms with van der Waals surface area (Å²) in [6, 6.07) is 6.80. The van der Waals surface area contributed by atoms with Crippen molar-refractivity contribution in [2.45, 2.75) is 17.7 Å². The van der Waals surface area contributed by atoms with Gasteiger partial charge in [0.25, 0.3) is 0 Å². The molecular weight excluding hydrogens is 264 g/mol. The van der Waals surface area contributed by atoms with Gasteiger partial charge in [-0.1, -0.05) is 0 Å². The Labute approximate surface area is 115 Å². The molecule has 0 saturated carbocycles. The number of nitrogens with one attached hydrogen (secondary N) is 1. The molecule has 1 aromatic carbocycles.